The number of unbranched alkanes of at least 4 members (excludes halogenated alkanes) is 1. The summed E-state index contributed by atoms with van der Waals surface area (Å²) in [6.45, 7) is 2.31. The molecule has 0 N–H and O–H groups in total. The van der Waals surface area contributed by atoms with E-state index in [2.05, 4.69) is 107 Å². The normalized spacial score (nSPS) is 11.9. The van der Waals surface area contributed by atoms with Crippen molar-refractivity contribution < 1.29 is 27.1 Å². The molecule has 0 saturated heterocycles. The Morgan fingerprint density at radius 2 is 1.29 bits per heavy atom. The van der Waals surface area contributed by atoms with Crippen molar-refractivity contribution in [1.82, 2.24) is 20.0 Å². The van der Waals surface area contributed by atoms with Gasteiger partial charge >= 0.3 is 6.36 Å². The van der Waals surface area contributed by atoms with E-state index in [-0.39, 0.29) is 12.4 Å². The third-order valence-electron chi connectivity index (χ3n) is 9.39. The van der Waals surface area contributed by atoms with Crippen LogP contribution in [0.3, 0.4) is 0 Å². The molecule has 7 aromatic rings. The smallest absolute Gasteiger partial charge is 0.487 e. The Balaban J connectivity index is 0.935. The number of aromatic nitrogens is 4. The second-order valence-corrected chi connectivity index (χ2v) is 13.2. The fourth-order valence-electron chi connectivity index (χ4n) is 6.74. The fraction of sp³-hybridized carbons (Fsp3) is 0.178. The number of hydrogen-bond acceptors (Lipinski definition) is 6. The number of oxazole rings is 1. The van der Waals surface area contributed by atoms with Gasteiger partial charge < -0.3 is 13.9 Å². The van der Waals surface area contributed by atoms with E-state index in [4.69, 9.17) is 14.4 Å². The lowest BCUT2D eigenvalue weighted by Gasteiger charge is -2.35. The van der Waals surface area contributed by atoms with Gasteiger partial charge in [-0.3, -0.25) is 0 Å². The topological polar surface area (TPSA) is 75.2 Å². The molecule has 0 fully saturated rings. The average molecular weight is 741 g/mol. The van der Waals surface area contributed by atoms with Crippen LogP contribution in [0.2, 0.25) is 0 Å². The molecule has 0 amide bonds. The summed E-state index contributed by atoms with van der Waals surface area (Å²) >= 11 is 0. The fourth-order valence-corrected chi connectivity index (χ4v) is 6.74. The zero-order valence-corrected chi connectivity index (χ0v) is 30.2. The molecule has 278 valence electrons. The van der Waals surface area contributed by atoms with Gasteiger partial charge in [0.15, 0.2) is 0 Å². The first kappa shape index (κ1) is 36.9. The summed E-state index contributed by atoms with van der Waals surface area (Å²) in [4.78, 5) is 4.42. The second-order valence-electron chi connectivity index (χ2n) is 13.2. The molecule has 5 aromatic carbocycles. The van der Waals surface area contributed by atoms with Gasteiger partial charge in [0.25, 0.3) is 0 Å². The minimum Gasteiger partial charge on any atom is -0.487 e. The van der Waals surface area contributed by atoms with E-state index >= 15 is 0 Å². The van der Waals surface area contributed by atoms with Crippen LogP contribution < -0.4 is 9.47 Å². The van der Waals surface area contributed by atoms with Crippen LogP contribution in [0.4, 0.5) is 13.2 Å². The molecule has 10 heteroatoms. The van der Waals surface area contributed by atoms with Gasteiger partial charge in [0.2, 0.25) is 5.89 Å². The highest BCUT2D eigenvalue weighted by molar-refractivity contribution is 5.66. The Kier molecular flexibility index (Phi) is 11.2. The Morgan fingerprint density at radius 1 is 0.691 bits per heavy atom. The van der Waals surface area contributed by atoms with Crippen LogP contribution in [-0.4, -0.2) is 26.3 Å². The molecule has 0 aliphatic rings. The zero-order valence-electron chi connectivity index (χ0n) is 30.2. The highest BCUT2D eigenvalue weighted by Crippen LogP contribution is 2.40. The highest BCUT2D eigenvalue weighted by Gasteiger charge is 2.39. The largest absolute Gasteiger partial charge is 0.573 e. The van der Waals surface area contributed by atoms with E-state index in [1.54, 1.807) is 12.2 Å². The molecule has 0 bridgehead atoms. The second kappa shape index (κ2) is 16.7. The number of hydrogen-bond donors (Lipinski definition) is 0. The van der Waals surface area contributed by atoms with Crippen molar-refractivity contribution in [3.05, 3.63) is 197 Å². The summed E-state index contributed by atoms with van der Waals surface area (Å²) in [7, 11) is 0. The lowest BCUT2D eigenvalue weighted by molar-refractivity contribution is -0.274. The van der Waals surface area contributed by atoms with E-state index in [1.165, 1.54) is 36.1 Å². The molecular weight excluding hydrogens is 702 g/mol. The first-order chi connectivity index (χ1) is 26.8. The van der Waals surface area contributed by atoms with Crippen LogP contribution in [-0.2, 0) is 25.0 Å². The van der Waals surface area contributed by atoms with Crippen LogP contribution in [0.25, 0.3) is 12.2 Å². The maximum Gasteiger partial charge on any atom is 0.573 e. The molecule has 55 heavy (non-hydrogen) atoms. The van der Waals surface area contributed by atoms with Crippen LogP contribution in [0.1, 0.15) is 63.5 Å². The molecule has 0 atom stereocenters. The van der Waals surface area contributed by atoms with E-state index in [0.717, 1.165) is 59.4 Å². The first-order valence-electron chi connectivity index (χ1n) is 18.1. The maximum absolute atomic E-state index is 12.4. The van der Waals surface area contributed by atoms with Crippen molar-refractivity contribution in [3.63, 3.8) is 0 Å². The lowest BCUT2D eigenvalue weighted by Crippen LogP contribution is -2.38. The predicted octanol–water partition coefficient (Wildman–Crippen LogP) is 10.6. The van der Waals surface area contributed by atoms with Gasteiger partial charge in [-0.1, -0.05) is 114 Å². The Labute approximate surface area is 317 Å². The minimum absolute atomic E-state index is 0.223. The number of halogens is 3. The maximum atomic E-state index is 12.4. The number of aryl methyl sites for hydroxylation is 3. The highest BCUT2D eigenvalue weighted by atomic mass is 19.4. The Bertz CT molecular complexity index is 2210. The van der Waals surface area contributed by atoms with Gasteiger partial charge in [-0.25, -0.2) is 9.67 Å². The van der Waals surface area contributed by atoms with Gasteiger partial charge in [-0.05, 0) is 96.3 Å². The van der Waals surface area contributed by atoms with Crippen LogP contribution in [0, 0.1) is 6.92 Å². The molecular formula is C45H39F3N4O3. The summed E-state index contributed by atoms with van der Waals surface area (Å²) in [5.41, 5.74) is 7.29. The van der Waals surface area contributed by atoms with E-state index in [9.17, 15) is 13.2 Å². The molecule has 2 aromatic heterocycles. The SMILES string of the molecule is Cc1cc(OCc2coc(C=Cc3ccc(OC(F)(F)F)cc3)n2)ccc1CCCCc1cn(C(c2ccccc2)(c2ccccc2)c2ccccc2)nn1. The number of benzene rings is 5. The van der Waals surface area contributed by atoms with Gasteiger partial charge in [-0.2, -0.15) is 0 Å². The van der Waals surface area contributed by atoms with Crippen molar-refractivity contribution in [2.75, 3.05) is 0 Å². The number of ether oxygens (including phenoxy) is 2. The standard InChI is InChI=1S/C45H39F3N4O3/c1-33-29-42(53-31-40-32-54-43(49-40)28-23-34-21-25-41(26-22-34)55-45(46,47)48)27-24-35(33)13-11-12-20-39-30-52(51-50-39)44(36-14-5-2-6-15-36,37-16-7-3-8-17-37)38-18-9-4-10-19-38/h2-10,14-19,21-30,32H,11-13,20,31H2,1H3. The summed E-state index contributed by atoms with van der Waals surface area (Å²) < 4.78 is 54.6. The molecule has 7 nitrogen and oxygen atoms in total. The average Bonchev–Trinajstić information content (AvgIpc) is 3.87. The molecule has 0 aliphatic carbocycles. The number of nitrogens with zero attached hydrogens (tertiary/aromatic N) is 4. The lowest BCUT2D eigenvalue weighted by atomic mass is 9.77. The van der Waals surface area contributed by atoms with Crippen molar-refractivity contribution in [3.8, 4) is 11.5 Å². The Morgan fingerprint density at radius 3 is 1.89 bits per heavy atom. The molecule has 7 rings (SSSR count). The summed E-state index contributed by atoms with van der Waals surface area (Å²) in [5.74, 6) is 0.805. The van der Waals surface area contributed by atoms with E-state index < -0.39 is 11.9 Å². The van der Waals surface area contributed by atoms with Crippen LogP contribution in [0.15, 0.2) is 150 Å². The third kappa shape index (κ3) is 9.04. The third-order valence-corrected chi connectivity index (χ3v) is 9.39. The molecule has 0 spiro atoms. The molecule has 2 heterocycles. The minimum atomic E-state index is -4.73. The van der Waals surface area contributed by atoms with Crippen molar-refractivity contribution in [2.45, 2.75) is 51.1 Å². The molecule has 0 saturated carbocycles. The van der Waals surface area contributed by atoms with Gasteiger partial charge in [0.1, 0.15) is 35.6 Å². The summed E-state index contributed by atoms with van der Waals surface area (Å²) in [6, 6.07) is 43.1. The van der Waals surface area contributed by atoms with Gasteiger partial charge in [0.05, 0.1) is 11.9 Å². The monoisotopic (exact) mass is 740 g/mol. The quantitative estimate of drug-likeness (QED) is 0.0770. The summed E-state index contributed by atoms with van der Waals surface area (Å²) in [6.07, 6.45) is 5.91. The molecule has 0 unspecified atom stereocenters. The first-order valence-corrected chi connectivity index (χ1v) is 18.1. The molecule has 0 aliphatic heterocycles. The van der Waals surface area contributed by atoms with Crippen molar-refractivity contribution in [1.29, 1.82) is 0 Å². The van der Waals surface area contributed by atoms with Crippen LogP contribution in [0.5, 0.6) is 11.5 Å². The number of alkyl halides is 3. The zero-order chi connectivity index (χ0) is 38.1. The van der Waals surface area contributed by atoms with Crippen molar-refractivity contribution in [2.24, 2.45) is 0 Å². The molecule has 0 radical (unpaired) electrons. The predicted molar refractivity (Wildman–Crippen MR) is 205 cm³/mol. The van der Waals surface area contributed by atoms with Gasteiger partial charge in [0, 0.05) is 6.08 Å². The van der Waals surface area contributed by atoms with E-state index in [1.807, 2.05) is 35.0 Å². The summed E-state index contributed by atoms with van der Waals surface area (Å²) in [5, 5.41) is 9.42. The van der Waals surface area contributed by atoms with E-state index in [0.29, 0.717) is 17.1 Å². The van der Waals surface area contributed by atoms with Gasteiger partial charge in [-0.15, -0.1) is 18.3 Å². The Hall–Kier alpha value is -6.42. The van der Waals surface area contributed by atoms with Crippen molar-refractivity contribution >= 4 is 12.2 Å². The number of rotatable bonds is 15. The van der Waals surface area contributed by atoms with Crippen LogP contribution >= 0.6 is 0 Å².